The largest absolute Gasteiger partial charge is 0.288 e. The van der Waals surface area contributed by atoms with Gasteiger partial charge in [-0.05, 0) is 23.8 Å². The minimum atomic E-state index is 0.154. The molecule has 0 N–H and O–H groups in total. The second-order valence-electron chi connectivity index (χ2n) is 3.31. The zero-order valence-corrected chi connectivity index (χ0v) is 9.25. The van der Waals surface area contributed by atoms with Crippen molar-refractivity contribution in [3.8, 4) is 0 Å². The summed E-state index contributed by atoms with van der Waals surface area (Å²) < 4.78 is 0. The molecule has 15 heavy (non-hydrogen) atoms. The van der Waals surface area contributed by atoms with Crippen LogP contribution in [0.4, 0.5) is 0 Å². The number of hydrogen-bond donors (Lipinski definition) is 0. The van der Waals surface area contributed by atoms with E-state index < -0.39 is 0 Å². The van der Waals surface area contributed by atoms with Crippen molar-refractivity contribution in [3.05, 3.63) is 42.1 Å². The fourth-order valence-corrected chi connectivity index (χ4v) is 1.95. The Labute approximate surface area is 92.7 Å². The smallest absolute Gasteiger partial charge is 0.186 e. The van der Waals surface area contributed by atoms with E-state index in [1.807, 2.05) is 24.3 Å². The van der Waals surface area contributed by atoms with E-state index in [-0.39, 0.29) is 5.12 Å². The summed E-state index contributed by atoms with van der Waals surface area (Å²) in [5.74, 6) is 0.736. The van der Waals surface area contributed by atoms with Gasteiger partial charge in [-0.15, -0.1) is 0 Å². The fraction of sp³-hybridized carbons (Fsp3) is 0.167. The summed E-state index contributed by atoms with van der Waals surface area (Å²) in [6, 6.07) is 10.0. The zero-order valence-electron chi connectivity index (χ0n) is 8.43. The molecule has 2 nitrogen and oxygen atoms in total. The summed E-state index contributed by atoms with van der Waals surface area (Å²) in [5.41, 5.74) is 2.16. The first kappa shape index (κ1) is 10.2. The Balaban J connectivity index is 2.26. The number of benzene rings is 1. The molecule has 3 heteroatoms. The van der Waals surface area contributed by atoms with Crippen LogP contribution in [0.1, 0.15) is 12.5 Å². The molecule has 0 amide bonds. The van der Waals surface area contributed by atoms with Crippen LogP contribution in [0.5, 0.6) is 0 Å². The van der Waals surface area contributed by atoms with Gasteiger partial charge in [0.05, 0.1) is 5.52 Å². The molecule has 0 saturated heterocycles. The van der Waals surface area contributed by atoms with Gasteiger partial charge in [-0.3, -0.25) is 9.78 Å². The normalized spacial score (nSPS) is 10.5. The van der Waals surface area contributed by atoms with E-state index in [4.69, 9.17) is 0 Å². The number of carbonyl (C=O) groups excluding carboxylic acids is 1. The topological polar surface area (TPSA) is 30.0 Å². The summed E-state index contributed by atoms with van der Waals surface area (Å²) in [4.78, 5) is 15.1. The van der Waals surface area contributed by atoms with E-state index >= 15 is 0 Å². The molecule has 2 rings (SSSR count). The number of carbonyl (C=O) groups is 1. The minimum absolute atomic E-state index is 0.154. The molecule has 0 saturated carbocycles. The Morgan fingerprint density at radius 2 is 2.27 bits per heavy atom. The van der Waals surface area contributed by atoms with E-state index in [9.17, 15) is 4.79 Å². The van der Waals surface area contributed by atoms with Gasteiger partial charge in [-0.1, -0.05) is 23.9 Å². The van der Waals surface area contributed by atoms with Gasteiger partial charge in [0.1, 0.15) is 0 Å². The van der Waals surface area contributed by atoms with Crippen LogP contribution in [0, 0.1) is 0 Å². The molecular weight excluding hydrogens is 206 g/mol. The first-order valence-corrected chi connectivity index (χ1v) is 5.71. The van der Waals surface area contributed by atoms with Crippen LogP contribution >= 0.6 is 11.8 Å². The summed E-state index contributed by atoms with van der Waals surface area (Å²) in [5, 5.41) is 1.28. The number of fused-ring (bicyclic) bond motifs is 1. The molecule has 1 aromatic carbocycles. The minimum Gasteiger partial charge on any atom is -0.288 e. The summed E-state index contributed by atoms with van der Waals surface area (Å²) in [6.45, 7) is 1.59. The van der Waals surface area contributed by atoms with Crippen LogP contribution in [-0.4, -0.2) is 10.1 Å². The summed E-state index contributed by atoms with van der Waals surface area (Å²) >= 11 is 1.33. The average molecular weight is 217 g/mol. The fourth-order valence-electron chi connectivity index (χ4n) is 1.40. The lowest BCUT2D eigenvalue weighted by Gasteiger charge is -2.01. The Hall–Kier alpha value is -1.35. The van der Waals surface area contributed by atoms with Gasteiger partial charge in [0.15, 0.2) is 5.12 Å². The number of thioether (sulfide) groups is 1. The molecular formula is C12H11NOS. The third-order valence-corrected chi connectivity index (χ3v) is 2.99. The highest BCUT2D eigenvalue weighted by molar-refractivity contribution is 8.12. The maximum absolute atomic E-state index is 10.8. The SMILES string of the molecule is CC(=O)SCc1ccc2ncccc2c1. The number of rotatable bonds is 2. The molecule has 0 atom stereocenters. The molecule has 1 heterocycles. The van der Waals surface area contributed by atoms with E-state index in [1.54, 1.807) is 13.1 Å². The Kier molecular flexibility index (Phi) is 3.02. The molecule has 0 spiro atoms. The molecule has 0 aliphatic carbocycles. The van der Waals surface area contributed by atoms with Gasteiger partial charge in [0.2, 0.25) is 0 Å². The zero-order chi connectivity index (χ0) is 10.7. The van der Waals surface area contributed by atoms with Crippen molar-refractivity contribution < 1.29 is 4.79 Å². The molecule has 0 unspecified atom stereocenters. The third-order valence-electron chi connectivity index (χ3n) is 2.11. The molecule has 0 bridgehead atoms. The van der Waals surface area contributed by atoms with E-state index in [2.05, 4.69) is 11.1 Å². The molecule has 0 aliphatic rings. The predicted molar refractivity (Wildman–Crippen MR) is 63.7 cm³/mol. The van der Waals surface area contributed by atoms with Crippen molar-refractivity contribution in [2.24, 2.45) is 0 Å². The highest BCUT2D eigenvalue weighted by Gasteiger charge is 1.99. The molecule has 2 aromatic rings. The summed E-state index contributed by atoms with van der Waals surface area (Å²) in [7, 11) is 0. The van der Waals surface area contributed by atoms with Crippen LogP contribution in [0.3, 0.4) is 0 Å². The van der Waals surface area contributed by atoms with E-state index in [0.29, 0.717) is 0 Å². The van der Waals surface area contributed by atoms with Gasteiger partial charge in [0, 0.05) is 24.3 Å². The van der Waals surface area contributed by atoms with Crippen molar-refractivity contribution in [1.82, 2.24) is 4.98 Å². The van der Waals surface area contributed by atoms with Crippen LogP contribution < -0.4 is 0 Å². The molecule has 1 aromatic heterocycles. The number of nitrogens with zero attached hydrogens (tertiary/aromatic N) is 1. The Morgan fingerprint density at radius 1 is 1.40 bits per heavy atom. The van der Waals surface area contributed by atoms with Crippen molar-refractivity contribution >= 4 is 27.8 Å². The van der Waals surface area contributed by atoms with Crippen LogP contribution in [0.25, 0.3) is 10.9 Å². The van der Waals surface area contributed by atoms with Crippen molar-refractivity contribution in [2.45, 2.75) is 12.7 Å². The molecule has 76 valence electrons. The van der Waals surface area contributed by atoms with Crippen molar-refractivity contribution in [3.63, 3.8) is 0 Å². The maximum atomic E-state index is 10.8. The second kappa shape index (κ2) is 4.45. The summed E-state index contributed by atoms with van der Waals surface area (Å²) in [6.07, 6.45) is 1.78. The molecule has 0 aliphatic heterocycles. The van der Waals surface area contributed by atoms with Gasteiger partial charge < -0.3 is 0 Å². The van der Waals surface area contributed by atoms with Crippen molar-refractivity contribution in [2.75, 3.05) is 0 Å². The average Bonchev–Trinajstić information content (AvgIpc) is 2.26. The number of hydrogen-bond acceptors (Lipinski definition) is 3. The van der Waals surface area contributed by atoms with Gasteiger partial charge >= 0.3 is 0 Å². The van der Waals surface area contributed by atoms with Crippen LogP contribution in [0.15, 0.2) is 36.5 Å². The predicted octanol–water partition coefficient (Wildman–Crippen LogP) is 3.01. The second-order valence-corrected chi connectivity index (χ2v) is 4.46. The molecule has 0 radical (unpaired) electrons. The molecule has 0 fully saturated rings. The lowest BCUT2D eigenvalue weighted by atomic mass is 10.1. The number of pyridine rings is 1. The highest BCUT2D eigenvalue weighted by atomic mass is 32.2. The maximum Gasteiger partial charge on any atom is 0.186 e. The third kappa shape index (κ3) is 2.57. The first-order valence-electron chi connectivity index (χ1n) is 4.73. The lowest BCUT2D eigenvalue weighted by Crippen LogP contribution is -1.86. The van der Waals surface area contributed by atoms with Gasteiger partial charge in [-0.25, -0.2) is 0 Å². The highest BCUT2D eigenvalue weighted by Crippen LogP contribution is 2.18. The van der Waals surface area contributed by atoms with Gasteiger partial charge in [-0.2, -0.15) is 0 Å². The monoisotopic (exact) mass is 217 g/mol. The van der Waals surface area contributed by atoms with Crippen molar-refractivity contribution in [1.29, 1.82) is 0 Å². The Morgan fingerprint density at radius 3 is 3.07 bits per heavy atom. The van der Waals surface area contributed by atoms with E-state index in [1.165, 1.54) is 11.8 Å². The quantitative estimate of drug-likeness (QED) is 0.774. The lowest BCUT2D eigenvalue weighted by molar-refractivity contribution is -0.109. The van der Waals surface area contributed by atoms with E-state index in [0.717, 1.165) is 22.2 Å². The first-order chi connectivity index (χ1) is 7.25. The van der Waals surface area contributed by atoms with Gasteiger partial charge in [0.25, 0.3) is 0 Å². The standard InChI is InChI=1S/C12H11NOS/c1-9(14)15-8-10-4-5-12-11(7-10)3-2-6-13-12/h2-7H,8H2,1H3. The van der Waals surface area contributed by atoms with Crippen LogP contribution in [0.2, 0.25) is 0 Å². The van der Waals surface area contributed by atoms with Crippen LogP contribution in [-0.2, 0) is 10.5 Å². The Bertz CT molecular complexity index is 496. The number of aromatic nitrogens is 1.